The van der Waals surface area contributed by atoms with Crippen LogP contribution in [-0.2, 0) is 0 Å². The van der Waals surface area contributed by atoms with Gasteiger partial charge in [0.25, 0.3) is 0 Å². The first-order valence-electron chi connectivity index (χ1n) is 3.71. The molecule has 1 unspecified atom stereocenters. The van der Waals surface area contributed by atoms with Crippen LogP contribution in [0.4, 0.5) is 0 Å². The minimum absolute atomic E-state index is 0.106. The molecule has 0 amide bonds. The average Bonchev–Trinajstić information content (AvgIpc) is 1.60. The van der Waals surface area contributed by atoms with E-state index in [1.165, 1.54) is 6.16 Å². The minimum atomic E-state index is 0.106. The van der Waals surface area contributed by atoms with Crippen molar-refractivity contribution in [1.82, 2.24) is 4.67 Å². The van der Waals surface area contributed by atoms with Crippen molar-refractivity contribution in [2.24, 2.45) is 5.41 Å². The van der Waals surface area contributed by atoms with Crippen LogP contribution >= 0.6 is 8.07 Å². The molecular weight excluding hydrogens is 141 g/mol. The Hall–Kier alpha value is 0.390. The molecule has 10 heavy (non-hydrogen) atoms. The standard InChI is InChI=1S/C8H20NP/c1-8(2,3)7-10(6)9(4)5/h7H2,1-6H3. The predicted octanol–water partition coefficient (Wildman–Crippen LogP) is 2.62. The number of hydrogen-bond acceptors (Lipinski definition) is 1. The summed E-state index contributed by atoms with van der Waals surface area (Å²) in [5.41, 5.74) is 0.491. The summed E-state index contributed by atoms with van der Waals surface area (Å²) in [7, 11) is 4.43. The van der Waals surface area contributed by atoms with E-state index in [-0.39, 0.29) is 8.07 Å². The molecule has 0 fully saturated rings. The Bertz CT molecular complexity index is 93.9. The smallest absolute Gasteiger partial charge is 0.00973 e. The zero-order chi connectivity index (χ0) is 8.36. The van der Waals surface area contributed by atoms with E-state index in [0.29, 0.717) is 5.41 Å². The molecule has 0 saturated heterocycles. The maximum Gasteiger partial charge on any atom is -0.00973 e. The molecule has 1 atom stereocenters. The monoisotopic (exact) mass is 161 g/mol. The second kappa shape index (κ2) is 3.69. The van der Waals surface area contributed by atoms with E-state index in [9.17, 15) is 0 Å². The Morgan fingerprint density at radius 3 is 1.70 bits per heavy atom. The molecule has 0 aliphatic rings. The summed E-state index contributed by atoms with van der Waals surface area (Å²) < 4.78 is 2.33. The van der Waals surface area contributed by atoms with Crippen molar-refractivity contribution >= 4 is 8.07 Å². The van der Waals surface area contributed by atoms with Gasteiger partial charge in [-0.3, -0.25) is 4.67 Å². The lowest BCUT2D eigenvalue weighted by Crippen LogP contribution is -2.16. The van der Waals surface area contributed by atoms with Crippen molar-refractivity contribution < 1.29 is 0 Å². The molecule has 0 rings (SSSR count). The lowest BCUT2D eigenvalue weighted by molar-refractivity contribution is 0.469. The van der Waals surface area contributed by atoms with Crippen molar-refractivity contribution in [2.45, 2.75) is 20.8 Å². The third-order valence-corrected chi connectivity index (χ3v) is 4.16. The van der Waals surface area contributed by atoms with Crippen LogP contribution in [0.2, 0.25) is 0 Å². The quantitative estimate of drug-likeness (QED) is 0.563. The Morgan fingerprint density at radius 2 is 1.60 bits per heavy atom. The fourth-order valence-electron chi connectivity index (χ4n) is 0.828. The van der Waals surface area contributed by atoms with Gasteiger partial charge >= 0.3 is 0 Å². The van der Waals surface area contributed by atoms with E-state index in [2.05, 4.69) is 46.2 Å². The third-order valence-electron chi connectivity index (χ3n) is 1.39. The van der Waals surface area contributed by atoms with Crippen LogP contribution in [-0.4, -0.2) is 31.6 Å². The average molecular weight is 161 g/mol. The molecule has 0 aromatic carbocycles. The summed E-state index contributed by atoms with van der Waals surface area (Å²) in [5, 5.41) is 0. The van der Waals surface area contributed by atoms with Gasteiger partial charge in [0.15, 0.2) is 0 Å². The number of hydrogen-bond donors (Lipinski definition) is 0. The van der Waals surface area contributed by atoms with Gasteiger partial charge in [0.2, 0.25) is 0 Å². The third kappa shape index (κ3) is 5.20. The first kappa shape index (κ1) is 10.4. The number of nitrogens with zero attached hydrogens (tertiary/aromatic N) is 1. The van der Waals surface area contributed by atoms with Gasteiger partial charge in [-0.25, -0.2) is 0 Å². The Balaban J connectivity index is 3.68. The van der Waals surface area contributed by atoms with E-state index in [0.717, 1.165) is 0 Å². The SMILES string of the molecule is CN(C)P(C)CC(C)(C)C. The zero-order valence-corrected chi connectivity index (χ0v) is 9.00. The molecule has 1 nitrogen and oxygen atoms in total. The van der Waals surface area contributed by atoms with Crippen LogP contribution in [0.15, 0.2) is 0 Å². The molecular formula is C8H20NP. The highest BCUT2D eigenvalue weighted by Gasteiger charge is 2.15. The molecule has 0 aromatic heterocycles. The highest BCUT2D eigenvalue weighted by Crippen LogP contribution is 2.39. The molecule has 2 heteroatoms. The van der Waals surface area contributed by atoms with Crippen LogP contribution in [0.3, 0.4) is 0 Å². The lowest BCUT2D eigenvalue weighted by Gasteiger charge is -2.27. The molecule has 0 aromatic rings. The Morgan fingerprint density at radius 1 is 1.20 bits per heavy atom. The highest BCUT2D eigenvalue weighted by molar-refractivity contribution is 7.54. The summed E-state index contributed by atoms with van der Waals surface area (Å²) in [4.78, 5) is 0. The summed E-state index contributed by atoms with van der Waals surface area (Å²) in [6.07, 6.45) is 1.33. The van der Waals surface area contributed by atoms with Crippen LogP contribution in [0.25, 0.3) is 0 Å². The number of rotatable bonds is 2. The van der Waals surface area contributed by atoms with Crippen molar-refractivity contribution in [1.29, 1.82) is 0 Å². The van der Waals surface area contributed by atoms with Gasteiger partial charge in [-0.05, 0) is 40.4 Å². The molecule has 62 valence electrons. The molecule has 0 aliphatic carbocycles. The summed E-state index contributed by atoms with van der Waals surface area (Å²) in [6.45, 7) is 9.24. The largest absolute Gasteiger partial charge is 0.288 e. The van der Waals surface area contributed by atoms with Crippen LogP contribution in [0, 0.1) is 5.41 Å². The zero-order valence-electron chi connectivity index (χ0n) is 8.10. The summed E-state index contributed by atoms with van der Waals surface area (Å²) in [5.74, 6) is 0. The second-order valence-corrected chi connectivity index (χ2v) is 6.66. The fraction of sp³-hybridized carbons (Fsp3) is 1.00. The molecule has 0 bridgehead atoms. The van der Waals surface area contributed by atoms with Crippen molar-refractivity contribution in [2.75, 3.05) is 26.9 Å². The molecule has 0 aliphatic heterocycles. The van der Waals surface area contributed by atoms with Gasteiger partial charge in [-0.15, -0.1) is 0 Å². The summed E-state index contributed by atoms with van der Waals surface area (Å²) in [6, 6.07) is 0. The lowest BCUT2D eigenvalue weighted by atomic mass is 10.0. The summed E-state index contributed by atoms with van der Waals surface area (Å²) >= 11 is 0. The van der Waals surface area contributed by atoms with Crippen molar-refractivity contribution in [3.8, 4) is 0 Å². The van der Waals surface area contributed by atoms with Crippen molar-refractivity contribution in [3.63, 3.8) is 0 Å². The Kier molecular flexibility index (Phi) is 3.83. The van der Waals surface area contributed by atoms with E-state index >= 15 is 0 Å². The van der Waals surface area contributed by atoms with Gasteiger partial charge in [0.05, 0.1) is 0 Å². The normalized spacial score (nSPS) is 15.9. The molecule has 0 heterocycles. The molecule has 0 radical (unpaired) electrons. The topological polar surface area (TPSA) is 3.24 Å². The van der Waals surface area contributed by atoms with Gasteiger partial charge in [-0.2, -0.15) is 0 Å². The predicted molar refractivity (Wildman–Crippen MR) is 50.9 cm³/mol. The first-order chi connectivity index (χ1) is 4.33. The fourth-order valence-corrected chi connectivity index (χ4v) is 2.48. The van der Waals surface area contributed by atoms with E-state index in [4.69, 9.17) is 0 Å². The van der Waals surface area contributed by atoms with Gasteiger partial charge in [0, 0.05) is 0 Å². The van der Waals surface area contributed by atoms with E-state index in [1.807, 2.05) is 0 Å². The maximum absolute atomic E-state index is 2.33. The Labute approximate surface area is 66.6 Å². The second-order valence-electron chi connectivity index (χ2n) is 4.22. The highest BCUT2D eigenvalue weighted by atomic mass is 31.1. The molecule has 0 N–H and O–H groups in total. The van der Waals surface area contributed by atoms with Crippen molar-refractivity contribution in [3.05, 3.63) is 0 Å². The van der Waals surface area contributed by atoms with Crippen LogP contribution in [0.5, 0.6) is 0 Å². The van der Waals surface area contributed by atoms with Crippen LogP contribution in [0.1, 0.15) is 20.8 Å². The minimum Gasteiger partial charge on any atom is -0.288 e. The van der Waals surface area contributed by atoms with Crippen LogP contribution < -0.4 is 0 Å². The first-order valence-corrected chi connectivity index (χ1v) is 5.64. The maximum atomic E-state index is 2.33. The van der Waals surface area contributed by atoms with E-state index in [1.54, 1.807) is 0 Å². The molecule has 0 spiro atoms. The van der Waals surface area contributed by atoms with Gasteiger partial charge in [-0.1, -0.05) is 20.8 Å². The molecule has 0 saturated carbocycles. The van der Waals surface area contributed by atoms with Gasteiger partial charge < -0.3 is 0 Å². The van der Waals surface area contributed by atoms with Gasteiger partial charge in [0.1, 0.15) is 0 Å². The van der Waals surface area contributed by atoms with E-state index < -0.39 is 0 Å².